The Labute approximate surface area is 175 Å². The molecule has 150 valence electrons. The van der Waals surface area contributed by atoms with Crippen molar-refractivity contribution < 1.29 is 9.59 Å². The summed E-state index contributed by atoms with van der Waals surface area (Å²) in [5.74, 6) is 2.21. The van der Waals surface area contributed by atoms with E-state index in [1.165, 1.54) is 0 Å². The van der Waals surface area contributed by atoms with Crippen molar-refractivity contribution in [3.05, 3.63) is 51.3 Å². The minimum atomic E-state index is -0.196. The normalized spacial score (nSPS) is 13.9. The molecule has 0 atom stereocenters. The number of anilines is 1. The van der Waals surface area contributed by atoms with Crippen molar-refractivity contribution in [2.24, 2.45) is 0 Å². The molecule has 1 aromatic heterocycles. The summed E-state index contributed by atoms with van der Waals surface area (Å²) in [6.07, 6.45) is 7.62. The standard InChI is InChI=1S/C22H23ClN4O2/c1-4-5-8-24-9-10-25-22(29)20-13(2)19(26-14(20)3)12-17-16-11-15(23)6-7-18(16)27-21(17)28/h1,6-7,11-12,24,26H,5,8-10H2,2-3H3,(H,25,29)(H,27,28)/b17-12-. The third kappa shape index (κ3) is 4.53. The van der Waals surface area contributed by atoms with E-state index in [2.05, 4.69) is 26.9 Å². The molecule has 29 heavy (non-hydrogen) atoms. The van der Waals surface area contributed by atoms with Gasteiger partial charge < -0.3 is 20.9 Å². The van der Waals surface area contributed by atoms with Crippen LogP contribution in [0.1, 0.15) is 39.3 Å². The van der Waals surface area contributed by atoms with Crippen molar-refractivity contribution in [3.8, 4) is 12.3 Å². The van der Waals surface area contributed by atoms with Gasteiger partial charge in [0.1, 0.15) is 0 Å². The molecule has 3 rings (SSSR count). The number of terminal acetylenes is 1. The molecule has 2 amide bonds. The Bertz CT molecular complexity index is 1030. The number of carbonyl (C=O) groups excluding carboxylic acids is 2. The maximum Gasteiger partial charge on any atom is 0.256 e. The van der Waals surface area contributed by atoms with Crippen molar-refractivity contribution in [1.29, 1.82) is 0 Å². The molecule has 1 aliphatic rings. The van der Waals surface area contributed by atoms with E-state index >= 15 is 0 Å². The summed E-state index contributed by atoms with van der Waals surface area (Å²) in [5, 5.41) is 9.46. The summed E-state index contributed by atoms with van der Waals surface area (Å²) in [4.78, 5) is 28.2. The fourth-order valence-corrected chi connectivity index (χ4v) is 3.52. The van der Waals surface area contributed by atoms with Gasteiger partial charge in [-0.1, -0.05) is 11.6 Å². The average Bonchev–Trinajstić information content (AvgIpc) is 3.14. The van der Waals surface area contributed by atoms with Gasteiger partial charge in [0.25, 0.3) is 11.8 Å². The molecule has 0 aliphatic carbocycles. The highest BCUT2D eigenvalue weighted by atomic mass is 35.5. The Morgan fingerprint density at radius 2 is 2.07 bits per heavy atom. The number of aromatic nitrogens is 1. The molecular weight excluding hydrogens is 388 g/mol. The zero-order valence-corrected chi connectivity index (χ0v) is 17.2. The topological polar surface area (TPSA) is 86.0 Å². The fourth-order valence-electron chi connectivity index (χ4n) is 3.35. The largest absolute Gasteiger partial charge is 0.358 e. The lowest BCUT2D eigenvalue weighted by Crippen LogP contribution is -2.32. The van der Waals surface area contributed by atoms with Gasteiger partial charge in [0.2, 0.25) is 0 Å². The van der Waals surface area contributed by atoms with Crippen molar-refractivity contribution in [1.82, 2.24) is 15.6 Å². The molecule has 7 heteroatoms. The first-order valence-corrected chi connectivity index (χ1v) is 9.74. The number of H-pyrrole nitrogens is 1. The van der Waals surface area contributed by atoms with Crippen LogP contribution in [0.4, 0.5) is 5.69 Å². The van der Waals surface area contributed by atoms with Gasteiger partial charge in [-0.3, -0.25) is 9.59 Å². The number of aromatic amines is 1. The molecule has 0 fully saturated rings. The van der Waals surface area contributed by atoms with E-state index in [1.54, 1.807) is 24.3 Å². The van der Waals surface area contributed by atoms with Crippen molar-refractivity contribution in [2.75, 3.05) is 25.0 Å². The van der Waals surface area contributed by atoms with Gasteiger partial charge in [0.15, 0.2) is 0 Å². The highest BCUT2D eigenvalue weighted by Gasteiger charge is 2.25. The summed E-state index contributed by atoms with van der Waals surface area (Å²) < 4.78 is 0. The van der Waals surface area contributed by atoms with Crippen LogP contribution in [0.25, 0.3) is 11.6 Å². The van der Waals surface area contributed by atoms with Gasteiger partial charge in [-0.25, -0.2) is 0 Å². The molecule has 0 saturated heterocycles. The van der Waals surface area contributed by atoms with Crippen molar-refractivity contribution in [3.63, 3.8) is 0 Å². The first-order valence-electron chi connectivity index (χ1n) is 9.37. The van der Waals surface area contributed by atoms with Gasteiger partial charge in [0, 0.05) is 53.7 Å². The second-order valence-electron chi connectivity index (χ2n) is 6.83. The summed E-state index contributed by atoms with van der Waals surface area (Å²) >= 11 is 6.09. The SMILES string of the molecule is C#CCCNCCNC(=O)c1c(C)[nH]c(/C=C2\C(=O)Nc3ccc(Cl)cc32)c1C. The molecule has 2 heterocycles. The van der Waals surface area contributed by atoms with Crippen LogP contribution in [0.15, 0.2) is 18.2 Å². The van der Waals surface area contributed by atoms with Crippen LogP contribution in [-0.4, -0.2) is 36.4 Å². The maximum atomic E-state index is 12.6. The molecule has 1 aliphatic heterocycles. The van der Waals surface area contributed by atoms with Crippen LogP contribution in [-0.2, 0) is 4.79 Å². The smallest absolute Gasteiger partial charge is 0.256 e. The number of carbonyl (C=O) groups is 2. The molecule has 4 N–H and O–H groups in total. The Morgan fingerprint density at radius 1 is 1.28 bits per heavy atom. The molecule has 6 nitrogen and oxygen atoms in total. The van der Waals surface area contributed by atoms with Crippen LogP contribution in [0.5, 0.6) is 0 Å². The van der Waals surface area contributed by atoms with Gasteiger partial charge in [-0.05, 0) is 43.7 Å². The predicted octanol–water partition coefficient (Wildman–Crippen LogP) is 3.12. The number of aryl methyl sites for hydroxylation is 1. The highest BCUT2D eigenvalue weighted by molar-refractivity contribution is 6.36. The van der Waals surface area contributed by atoms with E-state index in [0.29, 0.717) is 35.7 Å². The number of hydrogen-bond donors (Lipinski definition) is 4. The van der Waals surface area contributed by atoms with Gasteiger partial charge >= 0.3 is 0 Å². The molecule has 0 unspecified atom stereocenters. The summed E-state index contributed by atoms with van der Waals surface area (Å²) in [6, 6.07) is 5.27. The molecular formula is C22H23ClN4O2. The number of benzene rings is 1. The van der Waals surface area contributed by atoms with Crippen LogP contribution in [0, 0.1) is 26.2 Å². The first kappa shape index (κ1) is 20.7. The monoisotopic (exact) mass is 410 g/mol. The lowest BCUT2D eigenvalue weighted by atomic mass is 10.0. The second kappa shape index (κ2) is 8.99. The Morgan fingerprint density at radius 3 is 2.83 bits per heavy atom. The number of rotatable bonds is 7. The zero-order chi connectivity index (χ0) is 21.0. The third-order valence-corrected chi connectivity index (χ3v) is 5.03. The Hall–Kier alpha value is -3.01. The second-order valence-corrected chi connectivity index (χ2v) is 7.26. The quantitative estimate of drug-likeness (QED) is 0.321. The minimum absolute atomic E-state index is 0.154. The van der Waals surface area contributed by atoms with E-state index in [1.807, 2.05) is 13.8 Å². The third-order valence-electron chi connectivity index (χ3n) is 4.79. The van der Waals surface area contributed by atoms with Crippen LogP contribution >= 0.6 is 11.6 Å². The molecule has 1 aromatic carbocycles. The Kier molecular flexibility index (Phi) is 6.42. The van der Waals surface area contributed by atoms with E-state index in [-0.39, 0.29) is 11.8 Å². The fraction of sp³-hybridized carbons (Fsp3) is 0.273. The number of hydrogen-bond acceptors (Lipinski definition) is 3. The highest BCUT2D eigenvalue weighted by Crippen LogP contribution is 2.35. The van der Waals surface area contributed by atoms with Gasteiger partial charge in [0.05, 0.1) is 11.1 Å². The number of amides is 2. The lowest BCUT2D eigenvalue weighted by Gasteiger charge is -2.07. The summed E-state index contributed by atoms with van der Waals surface area (Å²) in [5.41, 5.74) is 4.83. The summed E-state index contributed by atoms with van der Waals surface area (Å²) in [6.45, 7) is 5.57. The first-order chi connectivity index (χ1) is 13.9. The van der Waals surface area contributed by atoms with Crippen LogP contribution < -0.4 is 16.0 Å². The van der Waals surface area contributed by atoms with E-state index in [0.717, 1.165) is 34.7 Å². The van der Waals surface area contributed by atoms with E-state index < -0.39 is 0 Å². The minimum Gasteiger partial charge on any atom is -0.358 e. The van der Waals surface area contributed by atoms with E-state index in [9.17, 15) is 9.59 Å². The lowest BCUT2D eigenvalue weighted by molar-refractivity contribution is -0.110. The molecule has 0 radical (unpaired) electrons. The average molecular weight is 411 g/mol. The molecule has 0 saturated carbocycles. The van der Waals surface area contributed by atoms with Gasteiger partial charge in [-0.15, -0.1) is 12.3 Å². The van der Waals surface area contributed by atoms with Crippen LogP contribution in [0.3, 0.4) is 0 Å². The van der Waals surface area contributed by atoms with Crippen LogP contribution in [0.2, 0.25) is 5.02 Å². The maximum absolute atomic E-state index is 12.6. The van der Waals surface area contributed by atoms with Gasteiger partial charge in [-0.2, -0.15) is 0 Å². The molecule has 0 spiro atoms. The van der Waals surface area contributed by atoms with Crippen molar-refractivity contribution >= 4 is 40.8 Å². The zero-order valence-electron chi connectivity index (χ0n) is 16.4. The molecule has 2 aromatic rings. The number of nitrogens with one attached hydrogen (secondary N) is 4. The number of fused-ring (bicyclic) bond motifs is 1. The van der Waals surface area contributed by atoms with Crippen molar-refractivity contribution in [2.45, 2.75) is 20.3 Å². The van der Waals surface area contributed by atoms with E-state index in [4.69, 9.17) is 18.0 Å². The summed E-state index contributed by atoms with van der Waals surface area (Å²) in [7, 11) is 0. The molecule has 0 bridgehead atoms. The Balaban J connectivity index is 1.78. The number of halogens is 1. The predicted molar refractivity (Wildman–Crippen MR) is 117 cm³/mol.